The average Bonchev–Trinajstić information content (AvgIpc) is 2.81. The monoisotopic (exact) mass is 278 g/mol. The summed E-state index contributed by atoms with van der Waals surface area (Å²) in [5.41, 5.74) is 0. The van der Waals surface area contributed by atoms with E-state index in [1.165, 1.54) is 0 Å². The van der Waals surface area contributed by atoms with E-state index in [1.54, 1.807) is 4.31 Å². The topological polar surface area (TPSA) is 60.9 Å². The van der Waals surface area contributed by atoms with Gasteiger partial charge in [0.25, 0.3) is 0 Å². The van der Waals surface area contributed by atoms with Crippen LogP contribution in [-0.4, -0.2) is 67.3 Å². The Bertz CT molecular complexity index is 328. The van der Waals surface area contributed by atoms with Gasteiger partial charge in [-0.05, 0) is 32.4 Å². The van der Waals surface area contributed by atoms with Gasteiger partial charge in [-0.1, -0.05) is 13.8 Å². The molecule has 0 saturated carbocycles. The van der Waals surface area contributed by atoms with Crippen LogP contribution in [0.5, 0.6) is 0 Å². The number of sulfonamides is 1. The lowest BCUT2D eigenvalue weighted by Gasteiger charge is -2.26. The summed E-state index contributed by atoms with van der Waals surface area (Å²) in [7, 11) is -3.12. The summed E-state index contributed by atoms with van der Waals surface area (Å²) in [6.07, 6.45) is 2.04. The maximum Gasteiger partial charge on any atom is 0.214 e. The van der Waals surface area contributed by atoms with Gasteiger partial charge in [0, 0.05) is 25.7 Å². The summed E-state index contributed by atoms with van der Waals surface area (Å²) in [6, 6.07) is 0.368. The van der Waals surface area contributed by atoms with Crippen LogP contribution in [0.4, 0.5) is 0 Å². The van der Waals surface area contributed by atoms with Gasteiger partial charge in [0.2, 0.25) is 10.0 Å². The molecular weight excluding hydrogens is 252 g/mol. The summed E-state index contributed by atoms with van der Waals surface area (Å²) >= 11 is 0. The smallest absolute Gasteiger partial charge is 0.214 e. The molecule has 0 amide bonds. The summed E-state index contributed by atoms with van der Waals surface area (Å²) in [5.74, 6) is 0.165. The van der Waals surface area contributed by atoms with E-state index in [-0.39, 0.29) is 12.4 Å². The fourth-order valence-electron chi connectivity index (χ4n) is 2.53. The van der Waals surface area contributed by atoms with Gasteiger partial charge >= 0.3 is 0 Å². The molecule has 1 unspecified atom stereocenters. The fraction of sp³-hybridized carbons (Fsp3) is 1.00. The van der Waals surface area contributed by atoms with E-state index in [0.717, 1.165) is 19.5 Å². The standard InChI is InChI=1S/C12H26N2O3S/c1-3-13(4-2)12-7-8-14(11-12)18(16,17)10-6-5-9-15/h12,15H,3-11H2,1-2H3. The van der Waals surface area contributed by atoms with Crippen LogP contribution in [0.2, 0.25) is 0 Å². The number of likely N-dealkylation sites (N-methyl/N-ethyl adjacent to an activating group) is 1. The largest absolute Gasteiger partial charge is 0.396 e. The van der Waals surface area contributed by atoms with E-state index in [1.807, 2.05) is 0 Å². The Hall–Kier alpha value is -0.170. The Balaban J connectivity index is 2.49. The molecule has 1 atom stereocenters. The van der Waals surface area contributed by atoms with Crippen LogP contribution in [-0.2, 0) is 10.0 Å². The Morgan fingerprint density at radius 1 is 1.28 bits per heavy atom. The van der Waals surface area contributed by atoms with Gasteiger partial charge in [-0.25, -0.2) is 12.7 Å². The molecule has 0 aromatic carbocycles. The highest BCUT2D eigenvalue weighted by molar-refractivity contribution is 7.89. The zero-order valence-electron chi connectivity index (χ0n) is 11.5. The Kier molecular flexibility index (Phi) is 6.55. The minimum absolute atomic E-state index is 0.0671. The predicted molar refractivity (Wildman–Crippen MR) is 73.0 cm³/mol. The number of unbranched alkanes of at least 4 members (excludes halogenated alkanes) is 1. The van der Waals surface area contributed by atoms with E-state index < -0.39 is 10.0 Å². The SMILES string of the molecule is CCN(CC)C1CCN(S(=O)(=O)CCCCO)C1. The molecule has 0 aromatic rings. The van der Waals surface area contributed by atoms with Crippen molar-refractivity contribution in [3.05, 3.63) is 0 Å². The van der Waals surface area contributed by atoms with Gasteiger partial charge in [-0.15, -0.1) is 0 Å². The summed E-state index contributed by atoms with van der Waals surface area (Å²) in [6.45, 7) is 7.51. The van der Waals surface area contributed by atoms with Crippen molar-refractivity contribution in [3.8, 4) is 0 Å². The summed E-state index contributed by atoms with van der Waals surface area (Å²) in [4.78, 5) is 2.32. The maximum absolute atomic E-state index is 12.1. The lowest BCUT2D eigenvalue weighted by molar-refractivity contribution is 0.224. The predicted octanol–water partition coefficient (Wildman–Crippen LogP) is 0.505. The third-order valence-corrected chi connectivity index (χ3v) is 5.58. The van der Waals surface area contributed by atoms with Crippen molar-refractivity contribution in [2.24, 2.45) is 0 Å². The molecule has 1 heterocycles. The lowest BCUT2D eigenvalue weighted by atomic mass is 10.2. The summed E-state index contributed by atoms with van der Waals surface area (Å²) in [5, 5.41) is 8.69. The third kappa shape index (κ3) is 4.19. The molecule has 108 valence electrons. The van der Waals surface area contributed by atoms with Crippen LogP contribution < -0.4 is 0 Å². The number of aliphatic hydroxyl groups excluding tert-OH is 1. The van der Waals surface area contributed by atoms with Crippen LogP contribution in [0.3, 0.4) is 0 Å². The Morgan fingerprint density at radius 2 is 1.94 bits per heavy atom. The van der Waals surface area contributed by atoms with E-state index in [9.17, 15) is 8.42 Å². The second-order valence-corrected chi connectivity index (χ2v) is 6.86. The normalized spacial score (nSPS) is 21.9. The first-order chi connectivity index (χ1) is 8.55. The highest BCUT2D eigenvalue weighted by Gasteiger charge is 2.32. The molecule has 0 radical (unpaired) electrons. The number of hydrogen-bond donors (Lipinski definition) is 1. The number of hydrogen-bond acceptors (Lipinski definition) is 4. The molecule has 0 spiro atoms. The van der Waals surface area contributed by atoms with Gasteiger partial charge in [0.05, 0.1) is 5.75 Å². The van der Waals surface area contributed by atoms with Crippen molar-refractivity contribution in [3.63, 3.8) is 0 Å². The van der Waals surface area contributed by atoms with Crippen molar-refractivity contribution in [1.29, 1.82) is 0 Å². The lowest BCUT2D eigenvalue weighted by Crippen LogP contribution is -2.39. The molecule has 1 aliphatic heterocycles. The second-order valence-electron chi connectivity index (χ2n) is 4.77. The quantitative estimate of drug-likeness (QED) is 0.657. The van der Waals surface area contributed by atoms with Crippen LogP contribution in [0.1, 0.15) is 33.1 Å². The van der Waals surface area contributed by atoms with Crippen LogP contribution >= 0.6 is 0 Å². The molecule has 0 bridgehead atoms. The molecule has 1 saturated heterocycles. The molecule has 6 heteroatoms. The van der Waals surface area contributed by atoms with Crippen molar-refractivity contribution >= 4 is 10.0 Å². The fourth-order valence-corrected chi connectivity index (χ4v) is 4.14. The van der Waals surface area contributed by atoms with Gasteiger partial charge in [0.1, 0.15) is 0 Å². The zero-order valence-corrected chi connectivity index (χ0v) is 12.3. The van der Waals surface area contributed by atoms with Gasteiger partial charge in [0.15, 0.2) is 0 Å². The molecular formula is C12H26N2O3S. The van der Waals surface area contributed by atoms with Gasteiger partial charge in [-0.2, -0.15) is 0 Å². The number of aliphatic hydroxyl groups is 1. The van der Waals surface area contributed by atoms with E-state index in [0.29, 0.717) is 32.0 Å². The zero-order chi connectivity index (χ0) is 13.6. The molecule has 0 aliphatic carbocycles. The van der Waals surface area contributed by atoms with Gasteiger partial charge < -0.3 is 5.11 Å². The van der Waals surface area contributed by atoms with Crippen LogP contribution in [0.25, 0.3) is 0 Å². The summed E-state index contributed by atoms with van der Waals surface area (Å²) < 4.78 is 25.8. The highest BCUT2D eigenvalue weighted by atomic mass is 32.2. The van der Waals surface area contributed by atoms with Crippen LogP contribution in [0, 0.1) is 0 Å². The minimum atomic E-state index is -3.12. The first-order valence-electron chi connectivity index (χ1n) is 6.87. The van der Waals surface area contributed by atoms with Crippen LogP contribution in [0.15, 0.2) is 0 Å². The molecule has 1 fully saturated rings. The molecule has 1 N–H and O–H groups in total. The van der Waals surface area contributed by atoms with E-state index >= 15 is 0 Å². The number of rotatable bonds is 8. The maximum atomic E-state index is 12.1. The first kappa shape index (κ1) is 15.9. The third-order valence-electron chi connectivity index (χ3n) is 3.66. The van der Waals surface area contributed by atoms with Crippen molar-refractivity contribution in [1.82, 2.24) is 9.21 Å². The highest BCUT2D eigenvalue weighted by Crippen LogP contribution is 2.19. The second kappa shape index (κ2) is 7.43. The average molecular weight is 278 g/mol. The molecule has 1 rings (SSSR count). The Morgan fingerprint density at radius 3 is 2.50 bits per heavy atom. The Labute approximate surface area is 111 Å². The van der Waals surface area contributed by atoms with Gasteiger partial charge in [-0.3, -0.25) is 4.90 Å². The minimum Gasteiger partial charge on any atom is -0.396 e. The molecule has 5 nitrogen and oxygen atoms in total. The van der Waals surface area contributed by atoms with Crippen molar-refractivity contribution in [2.45, 2.75) is 39.2 Å². The van der Waals surface area contributed by atoms with Crippen molar-refractivity contribution in [2.75, 3.05) is 38.5 Å². The van der Waals surface area contributed by atoms with E-state index in [2.05, 4.69) is 18.7 Å². The molecule has 0 aromatic heterocycles. The van der Waals surface area contributed by atoms with Crippen molar-refractivity contribution < 1.29 is 13.5 Å². The molecule has 18 heavy (non-hydrogen) atoms. The number of nitrogens with zero attached hydrogens (tertiary/aromatic N) is 2. The first-order valence-corrected chi connectivity index (χ1v) is 8.48. The molecule has 1 aliphatic rings. The van der Waals surface area contributed by atoms with E-state index in [4.69, 9.17) is 5.11 Å².